The molecule has 6 heteroatoms. The molecule has 0 amide bonds. The van der Waals surface area contributed by atoms with E-state index >= 15 is 0 Å². The van der Waals surface area contributed by atoms with Gasteiger partial charge >= 0.3 is 0 Å². The van der Waals surface area contributed by atoms with Gasteiger partial charge in [0.1, 0.15) is 11.6 Å². The number of hydrogen-bond acceptors (Lipinski definition) is 5. The SMILES string of the molecule is CN1CCN(Cc2cn3c(n2)CN(Cc2ccco2)CC3)CC1. The molecule has 4 heterocycles. The van der Waals surface area contributed by atoms with Gasteiger partial charge in [-0.3, -0.25) is 9.80 Å². The van der Waals surface area contributed by atoms with Crippen molar-refractivity contribution in [3.05, 3.63) is 41.9 Å². The van der Waals surface area contributed by atoms with Crippen molar-refractivity contribution < 1.29 is 4.42 Å². The second-order valence-corrected chi connectivity index (χ2v) is 6.71. The molecule has 23 heavy (non-hydrogen) atoms. The maximum absolute atomic E-state index is 5.46. The van der Waals surface area contributed by atoms with E-state index in [1.165, 1.54) is 11.5 Å². The first-order valence-corrected chi connectivity index (χ1v) is 8.47. The predicted octanol–water partition coefficient (Wildman–Crippen LogP) is 1.24. The molecule has 2 aromatic heterocycles. The van der Waals surface area contributed by atoms with E-state index in [2.05, 4.69) is 32.5 Å². The van der Waals surface area contributed by atoms with Crippen LogP contribution in [0.4, 0.5) is 0 Å². The van der Waals surface area contributed by atoms with Gasteiger partial charge in [0, 0.05) is 52.0 Å². The van der Waals surface area contributed by atoms with Crippen LogP contribution in [-0.2, 0) is 26.2 Å². The molecule has 4 rings (SSSR count). The molecule has 124 valence electrons. The second kappa shape index (κ2) is 6.47. The fourth-order valence-electron chi connectivity index (χ4n) is 3.43. The number of nitrogens with zero attached hydrogens (tertiary/aromatic N) is 5. The third-order valence-corrected chi connectivity index (χ3v) is 4.87. The molecule has 0 bridgehead atoms. The van der Waals surface area contributed by atoms with Gasteiger partial charge in [-0.15, -0.1) is 0 Å². The van der Waals surface area contributed by atoms with Gasteiger partial charge in [-0.2, -0.15) is 0 Å². The van der Waals surface area contributed by atoms with Gasteiger partial charge in [0.15, 0.2) is 0 Å². The highest BCUT2D eigenvalue weighted by atomic mass is 16.3. The normalized spacial score (nSPS) is 20.7. The van der Waals surface area contributed by atoms with Gasteiger partial charge in [0.25, 0.3) is 0 Å². The van der Waals surface area contributed by atoms with Gasteiger partial charge in [-0.25, -0.2) is 4.98 Å². The Kier molecular flexibility index (Phi) is 4.20. The molecule has 0 N–H and O–H groups in total. The lowest BCUT2D eigenvalue weighted by Gasteiger charge is -2.31. The molecular weight excluding hydrogens is 290 g/mol. The van der Waals surface area contributed by atoms with E-state index in [0.29, 0.717) is 0 Å². The van der Waals surface area contributed by atoms with E-state index in [9.17, 15) is 0 Å². The molecule has 0 saturated carbocycles. The van der Waals surface area contributed by atoms with Crippen LogP contribution in [0.5, 0.6) is 0 Å². The summed E-state index contributed by atoms with van der Waals surface area (Å²) in [6, 6.07) is 3.99. The zero-order valence-electron chi connectivity index (χ0n) is 13.8. The van der Waals surface area contributed by atoms with Crippen molar-refractivity contribution in [2.75, 3.05) is 39.8 Å². The number of likely N-dealkylation sites (N-methyl/N-ethyl adjacent to an activating group) is 1. The number of imidazole rings is 1. The maximum Gasteiger partial charge on any atom is 0.123 e. The Morgan fingerprint density at radius 1 is 1.04 bits per heavy atom. The van der Waals surface area contributed by atoms with Crippen LogP contribution in [0.3, 0.4) is 0 Å². The zero-order chi connectivity index (χ0) is 15.6. The second-order valence-electron chi connectivity index (χ2n) is 6.71. The molecule has 2 aromatic rings. The minimum Gasteiger partial charge on any atom is -0.468 e. The Morgan fingerprint density at radius 2 is 1.87 bits per heavy atom. The average Bonchev–Trinajstić information content (AvgIpc) is 3.18. The molecule has 1 fully saturated rings. The minimum atomic E-state index is 0.869. The van der Waals surface area contributed by atoms with Crippen molar-refractivity contribution >= 4 is 0 Å². The number of fused-ring (bicyclic) bond motifs is 1. The molecule has 0 atom stereocenters. The smallest absolute Gasteiger partial charge is 0.123 e. The number of hydrogen-bond donors (Lipinski definition) is 0. The number of furan rings is 1. The molecule has 0 aliphatic carbocycles. The Hall–Kier alpha value is -1.63. The van der Waals surface area contributed by atoms with Crippen LogP contribution < -0.4 is 0 Å². The summed E-state index contributed by atoms with van der Waals surface area (Å²) in [5.41, 5.74) is 1.21. The van der Waals surface area contributed by atoms with Crippen molar-refractivity contribution in [2.45, 2.75) is 26.2 Å². The Bertz CT molecular complexity index is 627. The first kappa shape index (κ1) is 14.9. The van der Waals surface area contributed by atoms with E-state index < -0.39 is 0 Å². The molecule has 1 saturated heterocycles. The Balaban J connectivity index is 1.37. The largest absolute Gasteiger partial charge is 0.468 e. The lowest BCUT2D eigenvalue weighted by molar-refractivity contribution is 0.147. The average molecular weight is 315 g/mol. The third kappa shape index (κ3) is 3.49. The van der Waals surface area contributed by atoms with Crippen molar-refractivity contribution in [3.8, 4) is 0 Å². The molecule has 6 nitrogen and oxygen atoms in total. The summed E-state index contributed by atoms with van der Waals surface area (Å²) in [6.07, 6.45) is 3.99. The quantitative estimate of drug-likeness (QED) is 0.849. The van der Waals surface area contributed by atoms with Crippen molar-refractivity contribution in [1.82, 2.24) is 24.3 Å². The molecule has 0 spiro atoms. The van der Waals surface area contributed by atoms with E-state index in [-0.39, 0.29) is 0 Å². The first-order valence-electron chi connectivity index (χ1n) is 8.47. The van der Waals surface area contributed by atoms with Gasteiger partial charge in [-0.1, -0.05) is 0 Å². The van der Waals surface area contributed by atoms with Crippen molar-refractivity contribution in [2.24, 2.45) is 0 Å². The van der Waals surface area contributed by atoms with Gasteiger partial charge in [0.05, 0.1) is 25.0 Å². The molecule has 0 unspecified atom stereocenters. The predicted molar refractivity (Wildman–Crippen MR) is 87.8 cm³/mol. The van der Waals surface area contributed by atoms with Crippen molar-refractivity contribution in [1.29, 1.82) is 0 Å². The Morgan fingerprint density at radius 3 is 2.65 bits per heavy atom. The van der Waals surface area contributed by atoms with Crippen LogP contribution in [0.1, 0.15) is 17.3 Å². The topological polar surface area (TPSA) is 40.7 Å². The summed E-state index contributed by atoms with van der Waals surface area (Å²) in [5.74, 6) is 2.22. The zero-order valence-corrected chi connectivity index (χ0v) is 13.8. The standard InChI is InChI=1S/C17H25N5O/c1-19-4-6-20(7-5-19)11-15-12-22-9-8-21(14-17(22)18-15)13-16-3-2-10-23-16/h2-3,10,12H,4-9,11,13-14H2,1H3. The van der Waals surface area contributed by atoms with Crippen LogP contribution >= 0.6 is 0 Å². The molecule has 0 aromatic carbocycles. The van der Waals surface area contributed by atoms with Gasteiger partial charge in [0.2, 0.25) is 0 Å². The highest BCUT2D eigenvalue weighted by Gasteiger charge is 2.21. The van der Waals surface area contributed by atoms with Crippen LogP contribution in [0, 0.1) is 0 Å². The maximum atomic E-state index is 5.46. The Labute approximate surface area is 137 Å². The van der Waals surface area contributed by atoms with Gasteiger partial charge < -0.3 is 13.9 Å². The van der Waals surface area contributed by atoms with Crippen LogP contribution in [-0.4, -0.2) is 64.0 Å². The molecule has 2 aliphatic heterocycles. The number of aromatic nitrogens is 2. The van der Waals surface area contributed by atoms with Crippen LogP contribution in [0.15, 0.2) is 29.0 Å². The van der Waals surface area contributed by atoms with E-state index in [0.717, 1.165) is 64.7 Å². The van der Waals surface area contributed by atoms with E-state index in [4.69, 9.17) is 9.40 Å². The van der Waals surface area contributed by atoms with E-state index in [1.54, 1.807) is 6.26 Å². The monoisotopic (exact) mass is 315 g/mol. The molecule has 0 radical (unpaired) electrons. The fraction of sp³-hybridized carbons (Fsp3) is 0.588. The minimum absolute atomic E-state index is 0.869. The summed E-state index contributed by atoms with van der Waals surface area (Å²) in [4.78, 5) is 12.2. The number of rotatable bonds is 4. The van der Waals surface area contributed by atoms with Crippen molar-refractivity contribution in [3.63, 3.8) is 0 Å². The van der Waals surface area contributed by atoms with Crippen LogP contribution in [0.2, 0.25) is 0 Å². The highest BCUT2D eigenvalue weighted by molar-refractivity contribution is 5.07. The first-order chi connectivity index (χ1) is 11.3. The van der Waals surface area contributed by atoms with E-state index in [1.807, 2.05) is 12.1 Å². The fourth-order valence-corrected chi connectivity index (χ4v) is 3.43. The molecular formula is C17H25N5O. The summed E-state index contributed by atoms with van der Waals surface area (Å²) in [5, 5.41) is 0. The lowest BCUT2D eigenvalue weighted by Crippen LogP contribution is -2.43. The highest BCUT2D eigenvalue weighted by Crippen LogP contribution is 2.17. The summed E-state index contributed by atoms with van der Waals surface area (Å²) < 4.78 is 7.78. The third-order valence-electron chi connectivity index (χ3n) is 4.87. The lowest BCUT2D eigenvalue weighted by atomic mass is 10.3. The molecule has 2 aliphatic rings. The van der Waals surface area contributed by atoms with Crippen LogP contribution in [0.25, 0.3) is 0 Å². The van der Waals surface area contributed by atoms with Gasteiger partial charge in [-0.05, 0) is 19.2 Å². The number of piperazine rings is 1. The summed E-state index contributed by atoms with van der Waals surface area (Å²) in [6.45, 7) is 9.43. The summed E-state index contributed by atoms with van der Waals surface area (Å²) >= 11 is 0. The summed E-state index contributed by atoms with van der Waals surface area (Å²) in [7, 11) is 2.19.